The van der Waals surface area contributed by atoms with Crippen molar-refractivity contribution in [2.45, 2.75) is 24.1 Å². The number of benzene rings is 1. The Labute approximate surface area is 137 Å². The minimum absolute atomic E-state index is 0.278. The summed E-state index contributed by atoms with van der Waals surface area (Å²) in [5, 5.41) is 13.3. The Bertz CT molecular complexity index is 845. The first kappa shape index (κ1) is 15.5. The molecule has 7 heteroatoms. The van der Waals surface area contributed by atoms with E-state index in [4.69, 9.17) is 4.74 Å². The van der Waals surface area contributed by atoms with Gasteiger partial charge in [-0.15, -0.1) is 10.2 Å². The minimum Gasteiger partial charge on any atom is -0.468 e. The zero-order valence-corrected chi connectivity index (χ0v) is 13.9. The summed E-state index contributed by atoms with van der Waals surface area (Å²) in [4.78, 5) is 11.5. The van der Waals surface area contributed by atoms with E-state index < -0.39 is 0 Å². The van der Waals surface area contributed by atoms with Crippen LogP contribution in [0.2, 0.25) is 0 Å². The molecule has 0 bridgehead atoms. The monoisotopic (exact) mass is 328 g/mol. The van der Waals surface area contributed by atoms with Crippen LogP contribution >= 0.6 is 11.8 Å². The molecule has 2 heterocycles. The Kier molecular flexibility index (Phi) is 4.29. The number of carbonyl (C=O) groups excluding carboxylic acids is 1. The lowest BCUT2D eigenvalue weighted by Crippen LogP contribution is -2.15. The molecule has 118 valence electrons. The number of rotatable bonds is 4. The molecule has 23 heavy (non-hydrogen) atoms. The Hall–Kier alpha value is -2.41. The summed E-state index contributed by atoms with van der Waals surface area (Å²) in [6.07, 6.45) is 0. The Morgan fingerprint density at radius 2 is 1.91 bits per heavy atom. The normalized spacial score (nSPS) is 12.3. The maximum absolute atomic E-state index is 11.5. The molecule has 0 radical (unpaired) electrons. The number of thioether (sulfide) groups is 1. The highest BCUT2D eigenvalue weighted by molar-refractivity contribution is 8.00. The second-order valence-corrected chi connectivity index (χ2v) is 6.48. The van der Waals surface area contributed by atoms with Crippen molar-refractivity contribution in [2.24, 2.45) is 0 Å². The van der Waals surface area contributed by atoms with Crippen molar-refractivity contribution in [1.29, 1.82) is 0 Å². The number of hydrogen-bond donors (Lipinski definition) is 0. The van der Waals surface area contributed by atoms with Crippen molar-refractivity contribution in [1.82, 2.24) is 19.8 Å². The van der Waals surface area contributed by atoms with Gasteiger partial charge in [0.15, 0.2) is 11.5 Å². The van der Waals surface area contributed by atoms with Gasteiger partial charge < -0.3 is 4.74 Å². The predicted octanol–water partition coefficient (Wildman–Crippen LogP) is 2.75. The number of aromatic nitrogens is 4. The average Bonchev–Trinajstić information content (AvgIpc) is 2.98. The second kappa shape index (κ2) is 6.37. The SMILES string of the molecule is COC(=O)C(C)Sc1ccc2nnc(-c3ccc(C)cc3)n2n1. The van der Waals surface area contributed by atoms with Crippen molar-refractivity contribution in [3.63, 3.8) is 0 Å². The van der Waals surface area contributed by atoms with E-state index in [0.29, 0.717) is 16.5 Å². The number of hydrogen-bond acceptors (Lipinski definition) is 6. The van der Waals surface area contributed by atoms with Crippen LogP contribution in [-0.2, 0) is 9.53 Å². The lowest BCUT2D eigenvalue weighted by atomic mass is 10.1. The lowest BCUT2D eigenvalue weighted by molar-refractivity contribution is -0.139. The van der Waals surface area contributed by atoms with Gasteiger partial charge in [0.05, 0.1) is 7.11 Å². The highest BCUT2D eigenvalue weighted by atomic mass is 32.2. The van der Waals surface area contributed by atoms with Crippen LogP contribution in [0.4, 0.5) is 0 Å². The molecule has 6 nitrogen and oxygen atoms in total. The molecule has 0 saturated carbocycles. The molecular weight excluding hydrogens is 312 g/mol. The summed E-state index contributed by atoms with van der Waals surface area (Å²) in [5.74, 6) is 0.396. The molecule has 0 aliphatic rings. The van der Waals surface area contributed by atoms with Crippen LogP contribution in [0.3, 0.4) is 0 Å². The molecule has 0 aliphatic carbocycles. The van der Waals surface area contributed by atoms with Crippen molar-refractivity contribution in [3.05, 3.63) is 42.0 Å². The van der Waals surface area contributed by atoms with Gasteiger partial charge in [-0.2, -0.15) is 9.61 Å². The van der Waals surface area contributed by atoms with Gasteiger partial charge in [0.1, 0.15) is 10.3 Å². The third-order valence-corrected chi connectivity index (χ3v) is 4.38. The Morgan fingerprint density at radius 3 is 2.61 bits per heavy atom. The number of carbonyl (C=O) groups is 1. The summed E-state index contributed by atoms with van der Waals surface area (Å²) in [7, 11) is 1.38. The first-order chi connectivity index (χ1) is 11.1. The van der Waals surface area contributed by atoms with E-state index in [-0.39, 0.29) is 11.2 Å². The van der Waals surface area contributed by atoms with E-state index in [1.54, 1.807) is 11.4 Å². The largest absolute Gasteiger partial charge is 0.468 e. The molecule has 3 aromatic rings. The third kappa shape index (κ3) is 3.19. The summed E-state index contributed by atoms with van der Waals surface area (Å²) >= 11 is 1.34. The fourth-order valence-corrected chi connectivity index (χ4v) is 2.94. The quantitative estimate of drug-likeness (QED) is 0.542. The molecule has 3 rings (SSSR count). The van der Waals surface area contributed by atoms with Gasteiger partial charge in [-0.3, -0.25) is 4.79 Å². The van der Waals surface area contributed by atoms with E-state index in [0.717, 1.165) is 5.56 Å². The van der Waals surface area contributed by atoms with Gasteiger partial charge in [0, 0.05) is 5.56 Å². The summed E-state index contributed by atoms with van der Waals surface area (Å²) in [5.41, 5.74) is 2.79. The maximum Gasteiger partial charge on any atom is 0.318 e. The molecule has 1 atom stereocenters. The van der Waals surface area contributed by atoms with E-state index in [9.17, 15) is 4.79 Å². The van der Waals surface area contributed by atoms with E-state index in [1.165, 1.54) is 24.4 Å². The molecule has 1 aromatic carbocycles. The Balaban J connectivity index is 1.97. The number of nitrogens with zero attached hydrogens (tertiary/aromatic N) is 4. The molecule has 0 amide bonds. The zero-order chi connectivity index (χ0) is 16.4. The van der Waals surface area contributed by atoms with Crippen LogP contribution in [0.1, 0.15) is 12.5 Å². The summed E-state index contributed by atoms with van der Waals surface area (Å²) < 4.78 is 6.43. The highest BCUT2D eigenvalue weighted by Gasteiger charge is 2.17. The molecular formula is C16H16N4O2S. The van der Waals surface area contributed by atoms with Gasteiger partial charge in [0.25, 0.3) is 0 Å². The zero-order valence-electron chi connectivity index (χ0n) is 13.1. The van der Waals surface area contributed by atoms with E-state index >= 15 is 0 Å². The van der Waals surface area contributed by atoms with Crippen LogP contribution in [-0.4, -0.2) is 38.1 Å². The van der Waals surface area contributed by atoms with Gasteiger partial charge in [0.2, 0.25) is 0 Å². The molecule has 0 aliphatic heterocycles. The fourth-order valence-electron chi connectivity index (χ4n) is 2.11. The van der Waals surface area contributed by atoms with Crippen LogP contribution in [0.15, 0.2) is 41.4 Å². The van der Waals surface area contributed by atoms with Crippen molar-refractivity contribution in [3.8, 4) is 11.4 Å². The molecule has 0 saturated heterocycles. The number of fused-ring (bicyclic) bond motifs is 1. The van der Waals surface area contributed by atoms with E-state index in [2.05, 4.69) is 15.3 Å². The first-order valence-corrected chi connectivity index (χ1v) is 8.00. The fraction of sp³-hybridized carbons (Fsp3) is 0.250. The van der Waals surface area contributed by atoms with E-state index in [1.807, 2.05) is 43.3 Å². The number of ether oxygens (including phenoxy) is 1. The molecule has 0 spiro atoms. The lowest BCUT2D eigenvalue weighted by Gasteiger charge is -2.08. The van der Waals surface area contributed by atoms with Crippen LogP contribution < -0.4 is 0 Å². The van der Waals surface area contributed by atoms with Crippen LogP contribution in [0.25, 0.3) is 17.0 Å². The molecule has 0 fully saturated rings. The summed E-state index contributed by atoms with van der Waals surface area (Å²) in [6, 6.07) is 11.7. The maximum atomic E-state index is 11.5. The van der Waals surface area contributed by atoms with Crippen LogP contribution in [0, 0.1) is 6.92 Å². The molecule has 0 N–H and O–H groups in total. The van der Waals surface area contributed by atoms with Crippen molar-refractivity contribution >= 4 is 23.4 Å². The van der Waals surface area contributed by atoms with Gasteiger partial charge in [-0.1, -0.05) is 41.6 Å². The van der Waals surface area contributed by atoms with Gasteiger partial charge in [-0.05, 0) is 26.0 Å². The smallest absolute Gasteiger partial charge is 0.318 e. The Morgan fingerprint density at radius 1 is 1.17 bits per heavy atom. The number of methoxy groups -OCH3 is 1. The van der Waals surface area contributed by atoms with Gasteiger partial charge in [-0.25, -0.2) is 0 Å². The minimum atomic E-state index is -0.329. The number of esters is 1. The second-order valence-electron chi connectivity index (χ2n) is 5.11. The highest BCUT2D eigenvalue weighted by Crippen LogP contribution is 2.24. The predicted molar refractivity (Wildman–Crippen MR) is 88.3 cm³/mol. The van der Waals surface area contributed by atoms with Crippen molar-refractivity contribution in [2.75, 3.05) is 7.11 Å². The van der Waals surface area contributed by atoms with Gasteiger partial charge >= 0.3 is 5.97 Å². The molecule has 1 unspecified atom stereocenters. The third-order valence-electron chi connectivity index (χ3n) is 3.38. The van der Waals surface area contributed by atoms with Crippen molar-refractivity contribution < 1.29 is 9.53 Å². The standard InChI is InChI=1S/C16H16N4O2S/c1-10-4-6-12(7-5-10)15-18-17-13-8-9-14(19-20(13)15)23-11(2)16(21)22-3/h4-9,11H,1-3H3. The molecule has 2 aromatic heterocycles. The number of aryl methyl sites for hydroxylation is 1. The average molecular weight is 328 g/mol. The van der Waals surface area contributed by atoms with Crippen LogP contribution in [0.5, 0.6) is 0 Å². The first-order valence-electron chi connectivity index (χ1n) is 7.12. The topological polar surface area (TPSA) is 69.4 Å². The summed E-state index contributed by atoms with van der Waals surface area (Å²) in [6.45, 7) is 3.82.